The molecular weight excluding hydrogens is 322 g/mol. The third-order valence-electron chi connectivity index (χ3n) is 2.76. The lowest BCUT2D eigenvalue weighted by Gasteiger charge is -2.10. The molecule has 2 aromatic rings. The Bertz CT molecular complexity index is 628. The molecular formula is C15H14BrNO3. The van der Waals surface area contributed by atoms with E-state index < -0.39 is 5.97 Å². The minimum Gasteiger partial charge on any atom is -0.496 e. The molecule has 0 atom stereocenters. The molecule has 0 radical (unpaired) electrons. The fourth-order valence-corrected chi connectivity index (χ4v) is 2.12. The normalized spacial score (nSPS) is 10.1. The first kappa shape index (κ1) is 14.4. The van der Waals surface area contributed by atoms with Crippen LogP contribution in [0.2, 0.25) is 0 Å². The van der Waals surface area contributed by atoms with Crippen LogP contribution in [0, 0.1) is 0 Å². The van der Waals surface area contributed by atoms with Crippen LogP contribution in [0.1, 0.15) is 15.9 Å². The Morgan fingerprint density at radius 1 is 1.25 bits per heavy atom. The fraction of sp³-hybridized carbons (Fsp3) is 0.133. The van der Waals surface area contributed by atoms with Crippen molar-refractivity contribution in [2.45, 2.75) is 6.61 Å². The van der Waals surface area contributed by atoms with E-state index in [-0.39, 0.29) is 6.61 Å². The van der Waals surface area contributed by atoms with Crippen LogP contribution in [0.4, 0.5) is 5.69 Å². The smallest absolute Gasteiger partial charge is 0.342 e. The summed E-state index contributed by atoms with van der Waals surface area (Å²) >= 11 is 3.41. The lowest BCUT2D eigenvalue weighted by atomic mass is 10.2. The van der Waals surface area contributed by atoms with Gasteiger partial charge in [0.05, 0.1) is 7.11 Å². The topological polar surface area (TPSA) is 61.5 Å². The van der Waals surface area contributed by atoms with Gasteiger partial charge in [-0.05, 0) is 24.3 Å². The molecule has 0 amide bonds. The maximum absolute atomic E-state index is 12.1. The third-order valence-corrected chi connectivity index (χ3v) is 3.53. The molecule has 104 valence electrons. The van der Waals surface area contributed by atoms with Crippen molar-refractivity contribution in [1.29, 1.82) is 0 Å². The third kappa shape index (κ3) is 3.30. The Labute approximate surface area is 125 Å². The molecule has 2 N–H and O–H groups in total. The standard InChI is InChI=1S/C15H14BrNO3/c1-19-14-7-6-11(17)8-12(14)15(18)20-9-10-4-2-3-5-13(10)16/h2-8H,9,17H2,1H3. The van der Waals surface area contributed by atoms with Gasteiger partial charge in [-0.1, -0.05) is 34.1 Å². The second kappa shape index (κ2) is 6.43. The van der Waals surface area contributed by atoms with E-state index in [1.165, 1.54) is 7.11 Å². The molecule has 0 aliphatic carbocycles. The summed E-state index contributed by atoms with van der Waals surface area (Å²) in [5.74, 6) is -0.0266. The molecule has 0 bridgehead atoms. The summed E-state index contributed by atoms with van der Waals surface area (Å²) in [6.07, 6.45) is 0. The summed E-state index contributed by atoms with van der Waals surface area (Å²) < 4.78 is 11.3. The molecule has 0 saturated heterocycles. The number of carbonyl (C=O) groups excluding carboxylic acids is 1. The number of esters is 1. The van der Waals surface area contributed by atoms with Crippen LogP contribution in [0.5, 0.6) is 5.75 Å². The Balaban J connectivity index is 2.13. The van der Waals surface area contributed by atoms with Gasteiger partial charge in [0.2, 0.25) is 0 Å². The van der Waals surface area contributed by atoms with Crippen LogP contribution < -0.4 is 10.5 Å². The van der Waals surface area contributed by atoms with E-state index in [9.17, 15) is 4.79 Å². The molecule has 0 saturated carbocycles. The van der Waals surface area contributed by atoms with Crippen molar-refractivity contribution in [3.05, 3.63) is 58.1 Å². The Morgan fingerprint density at radius 2 is 2.00 bits per heavy atom. The molecule has 4 nitrogen and oxygen atoms in total. The van der Waals surface area contributed by atoms with Crippen LogP contribution >= 0.6 is 15.9 Å². The minimum absolute atomic E-state index is 0.179. The van der Waals surface area contributed by atoms with Gasteiger partial charge in [0.25, 0.3) is 0 Å². The number of ether oxygens (including phenoxy) is 2. The van der Waals surface area contributed by atoms with Crippen molar-refractivity contribution >= 4 is 27.6 Å². The number of carbonyl (C=O) groups is 1. The second-order valence-electron chi connectivity index (χ2n) is 4.13. The Hall–Kier alpha value is -2.01. The van der Waals surface area contributed by atoms with Gasteiger partial charge in [-0.2, -0.15) is 0 Å². The number of nitrogen functional groups attached to an aromatic ring is 1. The number of hydrogen-bond acceptors (Lipinski definition) is 4. The molecule has 0 aliphatic heterocycles. The minimum atomic E-state index is -0.468. The average molecular weight is 336 g/mol. The lowest BCUT2D eigenvalue weighted by molar-refractivity contribution is 0.0468. The van der Waals surface area contributed by atoms with Crippen LogP contribution in [0.25, 0.3) is 0 Å². The molecule has 2 rings (SSSR count). The van der Waals surface area contributed by atoms with E-state index in [2.05, 4.69) is 15.9 Å². The highest BCUT2D eigenvalue weighted by molar-refractivity contribution is 9.10. The average Bonchev–Trinajstić information content (AvgIpc) is 2.46. The summed E-state index contributed by atoms with van der Waals surface area (Å²) in [5.41, 5.74) is 7.38. The van der Waals surface area contributed by atoms with Crippen molar-refractivity contribution in [3.63, 3.8) is 0 Å². The van der Waals surface area contributed by atoms with E-state index in [1.54, 1.807) is 18.2 Å². The van der Waals surface area contributed by atoms with Crippen molar-refractivity contribution in [2.24, 2.45) is 0 Å². The van der Waals surface area contributed by atoms with Gasteiger partial charge in [0, 0.05) is 15.7 Å². The van der Waals surface area contributed by atoms with E-state index >= 15 is 0 Å². The van der Waals surface area contributed by atoms with Gasteiger partial charge in [-0.15, -0.1) is 0 Å². The number of halogens is 1. The molecule has 2 aromatic carbocycles. The van der Waals surface area contributed by atoms with Gasteiger partial charge in [0.15, 0.2) is 0 Å². The van der Waals surface area contributed by atoms with Crippen LogP contribution in [0.15, 0.2) is 46.9 Å². The van der Waals surface area contributed by atoms with E-state index in [0.29, 0.717) is 17.0 Å². The molecule has 0 heterocycles. The summed E-state index contributed by atoms with van der Waals surface area (Å²) in [6, 6.07) is 12.4. The summed E-state index contributed by atoms with van der Waals surface area (Å²) in [4.78, 5) is 12.1. The zero-order chi connectivity index (χ0) is 14.5. The van der Waals surface area contributed by atoms with Gasteiger partial charge < -0.3 is 15.2 Å². The molecule has 5 heteroatoms. The maximum atomic E-state index is 12.1. The lowest BCUT2D eigenvalue weighted by Crippen LogP contribution is -2.08. The van der Waals surface area contributed by atoms with Crippen LogP contribution in [-0.2, 0) is 11.3 Å². The van der Waals surface area contributed by atoms with Crippen molar-refractivity contribution < 1.29 is 14.3 Å². The summed E-state index contributed by atoms with van der Waals surface area (Å²) in [7, 11) is 1.50. The summed E-state index contributed by atoms with van der Waals surface area (Å²) in [6.45, 7) is 0.179. The number of nitrogens with two attached hydrogens (primary N) is 1. The number of methoxy groups -OCH3 is 1. The number of hydrogen-bond donors (Lipinski definition) is 1. The van der Waals surface area contributed by atoms with Crippen molar-refractivity contribution in [3.8, 4) is 5.75 Å². The molecule has 0 fully saturated rings. The molecule has 0 spiro atoms. The number of rotatable bonds is 4. The Kier molecular flexibility index (Phi) is 4.63. The largest absolute Gasteiger partial charge is 0.496 e. The SMILES string of the molecule is COc1ccc(N)cc1C(=O)OCc1ccccc1Br. The second-order valence-corrected chi connectivity index (χ2v) is 4.98. The monoisotopic (exact) mass is 335 g/mol. The molecule has 0 aromatic heterocycles. The first-order valence-corrected chi connectivity index (χ1v) is 6.75. The fourth-order valence-electron chi connectivity index (χ4n) is 1.72. The van der Waals surface area contributed by atoms with E-state index in [0.717, 1.165) is 10.0 Å². The number of benzene rings is 2. The maximum Gasteiger partial charge on any atom is 0.342 e. The highest BCUT2D eigenvalue weighted by Gasteiger charge is 2.14. The zero-order valence-electron chi connectivity index (χ0n) is 10.9. The van der Waals surface area contributed by atoms with Gasteiger partial charge in [-0.3, -0.25) is 0 Å². The molecule has 20 heavy (non-hydrogen) atoms. The molecule has 0 aliphatic rings. The van der Waals surface area contributed by atoms with Crippen molar-refractivity contribution in [1.82, 2.24) is 0 Å². The molecule has 0 unspecified atom stereocenters. The highest BCUT2D eigenvalue weighted by atomic mass is 79.9. The van der Waals surface area contributed by atoms with E-state index in [1.807, 2.05) is 24.3 Å². The van der Waals surface area contributed by atoms with Crippen LogP contribution in [0.3, 0.4) is 0 Å². The predicted molar refractivity (Wildman–Crippen MR) is 80.7 cm³/mol. The van der Waals surface area contributed by atoms with E-state index in [4.69, 9.17) is 15.2 Å². The zero-order valence-corrected chi connectivity index (χ0v) is 12.5. The van der Waals surface area contributed by atoms with Crippen LogP contribution in [-0.4, -0.2) is 13.1 Å². The first-order chi connectivity index (χ1) is 9.61. The Morgan fingerprint density at radius 3 is 2.70 bits per heavy atom. The van der Waals surface area contributed by atoms with Crippen molar-refractivity contribution in [2.75, 3.05) is 12.8 Å². The van der Waals surface area contributed by atoms with Gasteiger partial charge in [0.1, 0.15) is 17.9 Å². The first-order valence-electron chi connectivity index (χ1n) is 5.96. The summed E-state index contributed by atoms with van der Waals surface area (Å²) in [5, 5.41) is 0. The quantitative estimate of drug-likeness (QED) is 0.687. The number of anilines is 1. The van der Waals surface area contributed by atoms with Gasteiger partial charge in [-0.25, -0.2) is 4.79 Å². The van der Waals surface area contributed by atoms with Gasteiger partial charge >= 0.3 is 5.97 Å². The highest BCUT2D eigenvalue weighted by Crippen LogP contribution is 2.23. The predicted octanol–water partition coefficient (Wildman–Crippen LogP) is 3.40.